The third kappa shape index (κ3) is 13.1. The van der Waals surface area contributed by atoms with Gasteiger partial charge in [-0.1, -0.05) is 30.3 Å². The molecule has 1 atom stereocenters. The van der Waals surface area contributed by atoms with E-state index < -0.39 is 18.0 Å². The molecule has 0 saturated heterocycles. The highest BCUT2D eigenvalue weighted by atomic mass is 16.5. The van der Waals surface area contributed by atoms with Gasteiger partial charge < -0.3 is 31.9 Å². The Kier molecular flexibility index (Phi) is 12.3. The summed E-state index contributed by atoms with van der Waals surface area (Å²) in [6, 6.07) is 9.28. The van der Waals surface area contributed by atoms with Gasteiger partial charge >= 0.3 is 5.97 Å². The zero-order valence-corrected chi connectivity index (χ0v) is 17.0. The number of benzene rings is 1. The van der Waals surface area contributed by atoms with Crippen molar-refractivity contribution in [3.8, 4) is 0 Å². The molecule has 30 heavy (non-hydrogen) atoms. The molecular weight excluding hydrogens is 390 g/mol. The molecule has 2 amide bonds. The Labute approximate surface area is 176 Å². The summed E-state index contributed by atoms with van der Waals surface area (Å²) in [5.74, 6) is -1.04. The maximum absolute atomic E-state index is 11.8. The van der Waals surface area contributed by atoms with E-state index in [2.05, 4.69) is 15.6 Å². The molecule has 10 nitrogen and oxygen atoms in total. The highest BCUT2D eigenvalue weighted by molar-refractivity contribution is 5.78. The van der Waals surface area contributed by atoms with Crippen LogP contribution in [0.2, 0.25) is 0 Å². The summed E-state index contributed by atoms with van der Waals surface area (Å²) in [4.78, 5) is 39.0. The number of ether oxygens (including phenoxy) is 1. The molecule has 0 aliphatic carbocycles. The van der Waals surface area contributed by atoms with Gasteiger partial charge in [0.1, 0.15) is 6.61 Å². The van der Waals surface area contributed by atoms with Crippen molar-refractivity contribution >= 4 is 23.7 Å². The molecule has 1 aromatic carbocycles. The predicted molar refractivity (Wildman–Crippen MR) is 112 cm³/mol. The van der Waals surface area contributed by atoms with Crippen LogP contribution in [0.25, 0.3) is 0 Å². The lowest BCUT2D eigenvalue weighted by Gasteiger charge is -2.12. The molecule has 7 N–H and O–H groups in total. The number of carbonyl (C=O) groups is 3. The number of aliphatic imine (C=N–C) groups is 1. The number of amides is 2. The van der Waals surface area contributed by atoms with Crippen molar-refractivity contribution in [3.05, 3.63) is 35.9 Å². The monoisotopic (exact) mass is 421 g/mol. The molecule has 1 rings (SSSR count). The van der Waals surface area contributed by atoms with Crippen molar-refractivity contribution in [1.29, 1.82) is 0 Å². The van der Waals surface area contributed by atoms with Crippen LogP contribution in [0.4, 0.5) is 0 Å². The number of hydrogen-bond donors (Lipinski definition) is 5. The summed E-state index contributed by atoms with van der Waals surface area (Å²) < 4.78 is 5.11. The molecule has 166 valence electrons. The zero-order valence-electron chi connectivity index (χ0n) is 17.0. The predicted octanol–water partition coefficient (Wildman–Crippen LogP) is -0.453. The third-order valence-electron chi connectivity index (χ3n) is 3.96. The maximum Gasteiger partial charge on any atom is 0.307 e. The largest absolute Gasteiger partial charge is 0.461 e. The molecule has 0 radical (unpaired) electrons. The van der Waals surface area contributed by atoms with Gasteiger partial charge in [0.2, 0.25) is 11.8 Å². The first-order chi connectivity index (χ1) is 14.4. The lowest BCUT2D eigenvalue weighted by Crippen LogP contribution is -2.36. The van der Waals surface area contributed by atoms with E-state index in [-0.39, 0.29) is 50.8 Å². The van der Waals surface area contributed by atoms with E-state index in [0.29, 0.717) is 19.4 Å². The van der Waals surface area contributed by atoms with Crippen molar-refractivity contribution in [3.63, 3.8) is 0 Å². The van der Waals surface area contributed by atoms with E-state index in [1.807, 2.05) is 30.3 Å². The maximum atomic E-state index is 11.8. The van der Waals surface area contributed by atoms with Crippen LogP contribution in [0.15, 0.2) is 35.3 Å². The minimum absolute atomic E-state index is 0.0185. The number of nitrogens with zero attached hydrogens (tertiary/aromatic N) is 1. The summed E-state index contributed by atoms with van der Waals surface area (Å²) in [5.41, 5.74) is 11.3. The van der Waals surface area contributed by atoms with Crippen LogP contribution >= 0.6 is 0 Å². The molecule has 0 bridgehead atoms. The van der Waals surface area contributed by atoms with Crippen molar-refractivity contribution < 1.29 is 24.2 Å². The number of guanidine groups is 1. The molecule has 0 heterocycles. The van der Waals surface area contributed by atoms with Gasteiger partial charge in [0.15, 0.2) is 5.96 Å². The van der Waals surface area contributed by atoms with Crippen molar-refractivity contribution in [1.82, 2.24) is 10.6 Å². The number of aliphatic hydroxyl groups is 1. The average molecular weight is 421 g/mol. The number of carbonyl (C=O) groups excluding carboxylic acids is 3. The van der Waals surface area contributed by atoms with E-state index in [0.717, 1.165) is 5.56 Å². The normalized spacial score (nSPS) is 11.2. The lowest BCUT2D eigenvalue weighted by atomic mass is 10.2. The van der Waals surface area contributed by atoms with Gasteiger partial charge in [0.05, 0.1) is 18.9 Å². The fourth-order valence-corrected chi connectivity index (χ4v) is 2.40. The summed E-state index contributed by atoms with van der Waals surface area (Å²) in [6.07, 6.45) is 0.406. The Morgan fingerprint density at radius 2 is 1.77 bits per heavy atom. The fourth-order valence-electron chi connectivity index (χ4n) is 2.40. The van der Waals surface area contributed by atoms with E-state index in [9.17, 15) is 19.5 Å². The first-order valence-electron chi connectivity index (χ1n) is 9.83. The number of nitrogens with one attached hydrogen (secondary N) is 2. The van der Waals surface area contributed by atoms with Gasteiger partial charge in [0, 0.05) is 26.1 Å². The second-order valence-electron chi connectivity index (χ2n) is 6.67. The van der Waals surface area contributed by atoms with Crippen LogP contribution in [0.1, 0.15) is 37.7 Å². The Bertz CT molecular complexity index is 692. The third-order valence-corrected chi connectivity index (χ3v) is 3.96. The van der Waals surface area contributed by atoms with Gasteiger partial charge in [-0.25, -0.2) is 0 Å². The zero-order chi connectivity index (χ0) is 22.2. The SMILES string of the molecule is NC(N)=NCCCCC(=O)NCC(O)CC(=O)NCCC(=O)OCc1ccccc1. The summed E-state index contributed by atoms with van der Waals surface area (Å²) in [7, 11) is 0. The average Bonchev–Trinajstić information content (AvgIpc) is 2.71. The number of esters is 1. The van der Waals surface area contributed by atoms with Gasteiger partial charge in [-0.2, -0.15) is 0 Å². The summed E-state index contributed by atoms with van der Waals surface area (Å²) in [5, 5.41) is 15.0. The number of unbranched alkanes of at least 4 members (excludes halogenated alkanes) is 1. The van der Waals surface area contributed by atoms with Crippen molar-refractivity contribution in [2.45, 2.75) is 44.8 Å². The van der Waals surface area contributed by atoms with E-state index in [4.69, 9.17) is 16.2 Å². The summed E-state index contributed by atoms with van der Waals surface area (Å²) in [6.45, 7) is 0.721. The number of rotatable bonds is 14. The molecule has 10 heteroatoms. The topological polar surface area (TPSA) is 169 Å². The Hall–Kier alpha value is -3.14. The van der Waals surface area contributed by atoms with Crippen LogP contribution in [0.5, 0.6) is 0 Å². The van der Waals surface area contributed by atoms with E-state index in [1.54, 1.807) is 0 Å². The van der Waals surface area contributed by atoms with Gasteiger partial charge in [-0.15, -0.1) is 0 Å². The smallest absolute Gasteiger partial charge is 0.307 e. The van der Waals surface area contributed by atoms with E-state index in [1.165, 1.54) is 0 Å². The van der Waals surface area contributed by atoms with Gasteiger partial charge in [-0.3, -0.25) is 19.4 Å². The molecule has 0 saturated carbocycles. The quantitative estimate of drug-likeness (QED) is 0.117. The first-order valence-corrected chi connectivity index (χ1v) is 9.83. The number of aliphatic hydroxyl groups excluding tert-OH is 1. The number of nitrogens with two attached hydrogens (primary N) is 2. The van der Waals surface area contributed by atoms with Gasteiger partial charge in [-0.05, 0) is 18.4 Å². The second-order valence-corrected chi connectivity index (χ2v) is 6.67. The molecular formula is C20H31N5O5. The molecule has 1 aromatic rings. The van der Waals surface area contributed by atoms with Crippen LogP contribution in [-0.4, -0.2) is 54.6 Å². The molecule has 0 spiro atoms. The molecule has 1 unspecified atom stereocenters. The molecule has 0 aliphatic heterocycles. The summed E-state index contributed by atoms with van der Waals surface area (Å²) >= 11 is 0. The van der Waals surface area contributed by atoms with Gasteiger partial charge in [0.25, 0.3) is 0 Å². The van der Waals surface area contributed by atoms with Crippen LogP contribution in [0.3, 0.4) is 0 Å². The van der Waals surface area contributed by atoms with Crippen LogP contribution in [-0.2, 0) is 25.7 Å². The van der Waals surface area contributed by atoms with Crippen LogP contribution < -0.4 is 22.1 Å². The second kappa shape index (κ2) is 14.8. The Morgan fingerprint density at radius 3 is 2.47 bits per heavy atom. The Balaban J connectivity index is 2.06. The van der Waals surface area contributed by atoms with E-state index >= 15 is 0 Å². The van der Waals surface area contributed by atoms with Crippen molar-refractivity contribution in [2.75, 3.05) is 19.6 Å². The van der Waals surface area contributed by atoms with Crippen molar-refractivity contribution in [2.24, 2.45) is 16.5 Å². The first kappa shape index (κ1) is 24.9. The molecule has 0 aliphatic rings. The number of hydrogen-bond acceptors (Lipinski definition) is 6. The molecule has 0 aromatic heterocycles. The highest BCUT2D eigenvalue weighted by Gasteiger charge is 2.12. The minimum Gasteiger partial charge on any atom is -0.461 e. The van der Waals surface area contributed by atoms with Crippen LogP contribution in [0, 0.1) is 0 Å². The lowest BCUT2D eigenvalue weighted by molar-refractivity contribution is -0.144. The standard InChI is InChI=1S/C20H31N5O5/c21-20(22)24-10-5-4-8-17(27)25-13-16(26)12-18(28)23-11-9-19(29)30-14-15-6-2-1-3-7-15/h1-3,6-7,16,26H,4-5,8-14H2,(H,23,28)(H,25,27)(H4,21,22,24). The highest BCUT2D eigenvalue weighted by Crippen LogP contribution is 2.01. The fraction of sp³-hybridized carbons (Fsp3) is 0.500. The minimum atomic E-state index is -1.01. The molecule has 0 fully saturated rings. The Morgan fingerprint density at radius 1 is 1.03 bits per heavy atom.